The highest BCUT2D eigenvalue weighted by Gasteiger charge is 2.17. The van der Waals surface area contributed by atoms with E-state index in [9.17, 15) is 0 Å². The van der Waals surface area contributed by atoms with Crippen molar-refractivity contribution < 1.29 is 0 Å². The summed E-state index contributed by atoms with van der Waals surface area (Å²) in [4.78, 5) is 6.82. The van der Waals surface area contributed by atoms with E-state index in [0.717, 1.165) is 24.8 Å². The number of benzene rings is 1. The molecular weight excluding hydrogens is 375 g/mol. The van der Waals surface area contributed by atoms with E-state index < -0.39 is 0 Å². The van der Waals surface area contributed by atoms with E-state index in [1.807, 2.05) is 30.3 Å². The molecule has 1 saturated carbocycles. The van der Waals surface area contributed by atoms with E-state index >= 15 is 0 Å². The van der Waals surface area contributed by atoms with Crippen molar-refractivity contribution in [1.82, 2.24) is 4.90 Å². The lowest BCUT2D eigenvalue weighted by atomic mass is 9.94. The summed E-state index contributed by atoms with van der Waals surface area (Å²) < 4.78 is 0. The topological polar surface area (TPSA) is 53.6 Å². The van der Waals surface area contributed by atoms with Crippen molar-refractivity contribution >= 4 is 35.6 Å². The Balaban J connectivity index is 0.00000220. The molecule has 0 amide bonds. The maximum atomic E-state index is 5.89. The van der Waals surface area contributed by atoms with Crippen LogP contribution < -0.4 is 11.1 Å². The lowest BCUT2D eigenvalue weighted by molar-refractivity contribution is 0.196. The molecule has 0 bridgehead atoms. The fourth-order valence-electron chi connectivity index (χ4n) is 2.74. The molecule has 1 aliphatic carbocycles. The number of nitrogens with one attached hydrogen (secondary N) is 1. The highest BCUT2D eigenvalue weighted by molar-refractivity contribution is 14.0. The average Bonchev–Trinajstić information content (AvgIpc) is 2.49. The maximum absolute atomic E-state index is 5.89. The van der Waals surface area contributed by atoms with Gasteiger partial charge in [-0.05, 0) is 32.0 Å². The molecule has 4 nitrogen and oxygen atoms in total. The maximum Gasteiger partial charge on any atom is 0.193 e. The minimum Gasteiger partial charge on any atom is -0.370 e. The highest BCUT2D eigenvalue weighted by atomic mass is 127. The van der Waals surface area contributed by atoms with Crippen LogP contribution in [-0.4, -0.2) is 37.0 Å². The van der Waals surface area contributed by atoms with Crippen molar-refractivity contribution in [3.8, 4) is 0 Å². The molecule has 3 N–H and O–H groups in total. The molecule has 0 spiro atoms. The number of nitrogens with two attached hydrogens (primary N) is 1. The standard InChI is InChI=1S/C16H26N4.HI/c1-20(15-10-6-3-7-11-15)13-12-18-16(17)19-14-8-4-2-5-9-14;/h2,4-5,8-9,15H,3,6-7,10-13H2,1H3,(H3,17,18,19);1H. The third kappa shape index (κ3) is 6.65. The predicted octanol–water partition coefficient (Wildman–Crippen LogP) is 3.30. The molecule has 1 aromatic rings. The van der Waals surface area contributed by atoms with Crippen molar-refractivity contribution in [3.63, 3.8) is 0 Å². The normalized spacial score (nSPS) is 16.6. The summed E-state index contributed by atoms with van der Waals surface area (Å²) in [5.74, 6) is 0.494. The lowest BCUT2D eigenvalue weighted by Gasteiger charge is -2.30. The third-order valence-corrected chi connectivity index (χ3v) is 3.98. The van der Waals surface area contributed by atoms with E-state index in [-0.39, 0.29) is 24.0 Å². The molecule has 2 rings (SSSR count). The summed E-state index contributed by atoms with van der Waals surface area (Å²) in [6, 6.07) is 10.6. The Morgan fingerprint density at radius 1 is 1.24 bits per heavy atom. The number of aliphatic imine (C=N–C) groups is 1. The monoisotopic (exact) mass is 402 g/mol. The molecule has 0 saturated heterocycles. The van der Waals surface area contributed by atoms with Gasteiger partial charge in [-0.15, -0.1) is 24.0 Å². The van der Waals surface area contributed by atoms with Crippen LogP contribution in [0.15, 0.2) is 35.3 Å². The first kappa shape index (κ1) is 18.2. The molecule has 1 fully saturated rings. The Morgan fingerprint density at radius 2 is 1.90 bits per heavy atom. The van der Waals surface area contributed by atoms with Crippen LogP contribution in [0.5, 0.6) is 0 Å². The molecule has 0 aliphatic heterocycles. The highest BCUT2D eigenvalue weighted by Crippen LogP contribution is 2.21. The number of halogens is 1. The molecule has 21 heavy (non-hydrogen) atoms. The summed E-state index contributed by atoms with van der Waals surface area (Å²) in [7, 11) is 2.20. The van der Waals surface area contributed by atoms with Gasteiger partial charge in [-0.2, -0.15) is 0 Å². The largest absolute Gasteiger partial charge is 0.370 e. The minimum absolute atomic E-state index is 0. The van der Waals surface area contributed by atoms with Gasteiger partial charge >= 0.3 is 0 Å². The molecule has 1 aliphatic rings. The van der Waals surface area contributed by atoms with Gasteiger partial charge in [0.2, 0.25) is 0 Å². The fraction of sp³-hybridized carbons (Fsp3) is 0.562. The smallest absolute Gasteiger partial charge is 0.193 e. The zero-order valence-corrected chi connectivity index (χ0v) is 15.1. The zero-order valence-electron chi connectivity index (χ0n) is 12.8. The number of hydrogen-bond donors (Lipinski definition) is 2. The molecular formula is C16H27IN4. The van der Waals surface area contributed by atoms with Crippen LogP contribution in [0.3, 0.4) is 0 Å². The molecule has 0 aromatic heterocycles. The first-order valence-electron chi connectivity index (χ1n) is 7.58. The van der Waals surface area contributed by atoms with E-state index in [0.29, 0.717) is 5.96 Å². The van der Waals surface area contributed by atoms with Gasteiger partial charge in [0.15, 0.2) is 5.96 Å². The Morgan fingerprint density at radius 3 is 2.57 bits per heavy atom. The Kier molecular flexibility index (Phi) is 8.68. The summed E-state index contributed by atoms with van der Waals surface area (Å²) in [6.45, 7) is 1.72. The number of nitrogens with zero attached hydrogens (tertiary/aromatic N) is 2. The van der Waals surface area contributed by atoms with E-state index in [4.69, 9.17) is 5.73 Å². The van der Waals surface area contributed by atoms with Crippen molar-refractivity contribution in [2.75, 3.05) is 25.5 Å². The SMILES string of the molecule is CN(CCN=C(N)Nc1ccccc1)C1CCCCC1.I. The summed E-state index contributed by atoms with van der Waals surface area (Å²) in [5.41, 5.74) is 6.87. The van der Waals surface area contributed by atoms with Crippen LogP contribution in [0.25, 0.3) is 0 Å². The molecule has 0 atom stereocenters. The lowest BCUT2D eigenvalue weighted by Crippen LogP contribution is -2.35. The number of para-hydroxylation sites is 1. The summed E-state index contributed by atoms with van der Waals surface area (Å²) >= 11 is 0. The van der Waals surface area contributed by atoms with Gasteiger partial charge in [0.1, 0.15) is 0 Å². The molecule has 0 radical (unpaired) electrons. The van der Waals surface area contributed by atoms with Gasteiger partial charge in [0.25, 0.3) is 0 Å². The number of hydrogen-bond acceptors (Lipinski definition) is 2. The van der Waals surface area contributed by atoms with Crippen molar-refractivity contribution in [3.05, 3.63) is 30.3 Å². The molecule has 1 aromatic carbocycles. The van der Waals surface area contributed by atoms with Crippen LogP contribution in [0, 0.1) is 0 Å². The Hall–Kier alpha value is -0.820. The molecule has 5 heteroatoms. The predicted molar refractivity (Wildman–Crippen MR) is 101 cm³/mol. The molecule has 118 valence electrons. The van der Waals surface area contributed by atoms with Crippen LogP contribution in [0.2, 0.25) is 0 Å². The summed E-state index contributed by atoms with van der Waals surface area (Å²) in [6.07, 6.45) is 6.80. The van der Waals surface area contributed by atoms with Crippen LogP contribution in [-0.2, 0) is 0 Å². The van der Waals surface area contributed by atoms with Crippen molar-refractivity contribution in [2.24, 2.45) is 10.7 Å². The van der Waals surface area contributed by atoms with Crippen molar-refractivity contribution in [1.29, 1.82) is 0 Å². The molecule has 0 heterocycles. The minimum atomic E-state index is 0. The van der Waals surface area contributed by atoms with E-state index in [2.05, 4.69) is 22.3 Å². The van der Waals surface area contributed by atoms with Gasteiger partial charge in [-0.25, -0.2) is 0 Å². The number of likely N-dealkylation sites (N-methyl/N-ethyl adjacent to an activating group) is 1. The van der Waals surface area contributed by atoms with Gasteiger partial charge < -0.3 is 16.0 Å². The molecule has 0 unspecified atom stereocenters. The fourth-order valence-corrected chi connectivity index (χ4v) is 2.74. The second-order valence-electron chi connectivity index (χ2n) is 5.53. The number of rotatable bonds is 5. The van der Waals surface area contributed by atoms with Crippen LogP contribution in [0.4, 0.5) is 5.69 Å². The second kappa shape index (κ2) is 10.00. The second-order valence-corrected chi connectivity index (χ2v) is 5.53. The third-order valence-electron chi connectivity index (χ3n) is 3.98. The first-order chi connectivity index (χ1) is 9.75. The number of guanidine groups is 1. The van der Waals surface area contributed by atoms with Gasteiger partial charge in [-0.3, -0.25) is 4.99 Å². The number of anilines is 1. The zero-order chi connectivity index (χ0) is 14.2. The van der Waals surface area contributed by atoms with E-state index in [1.54, 1.807) is 0 Å². The quantitative estimate of drug-likeness (QED) is 0.452. The van der Waals surface area contributed by atoms with Crippen LogP contribution in [0.1, 0.15) is 32.1 Å². The van der Waals surface area contributed by atoms with Crippen LogP contribution >= 0.6 is 24.0 Å². The summed E-state index contributed by atoms with van der Waals surface area (Å²) in [5, 5.41) is 3.10. The van der Waals surface area contributed by atoms with Gasteiger partial charge in [0, 0.05) is 18.3 Å². The van der Waals surface area contributed by atoms with Gasteiger partial charge in [0.05, 0.1) is 6.54 Å². The first-order valence-corrected chi connectivity index (χ1v) is 7.58. The average molecular weight is 402 g/mol. The Labute approximate surface area is 145 Å². The van der Waals surface area contributed by atoms with Crippen molar-refractivity contribution in [2.45, 2.75) is 38.1 Å². The Bertz CT molecular complexity index is 416. The van der Waals surface area contributed by atoms with E-state index in [1.165, 1.54) is 32.1 Å². The van der Waals surface area contributed by atoms with Gasteiger partial charge in [-0.1, -0.05) is 37.5 Å².